The summed E-state index contributed by atoms with van der Waals surface area (Å²) in [6, 6.07) is 16.4. The molecular weight excluding hydrogens is 459 g/mol. The fraction of sp³-hybridized carbons (Fsp3) is 0.250. The van der Waals surface area contributed by atoms with Gasteiger partial charge in [-0.2, -0.15) is 0 Å². The largest absolute Gasteiger partial charge is 0.480 e. The Morgan fingerprint density at radius 2 is 1.58 bits per heavy atom. The Labute approximate surface area is 190 Å². The van der Waals surface area contributed by atoms with E-state index in [0.717, 1.165) is 11.8 Å². The van der Waals surface area contributed by atoms with Crippen LogP contribution < -0.4 is 19.7 Å². The highest BCUT2D eigenvalue weighted by molar-refractivity contribution is 8.23. The third-order valence-electron chi connectivity index (χ3n) is 3.69. The summed E-state index contributed by atoms with van der Waals surface area (Å²) in [6.07, 6.45) is 0.0194. The monoisotopic (exact) mass is 482 g/mol. The van der Waals surface area contributed by atoms with Crippen molar-refractivity contribution < 1.29 is 28.3 Å². The first kappa shape index (κ1) is 24.7. The van der Waals surface area contributed by atoms with Gasteiger partial charge >= 0.3 is 13.6 Å². The molecule has 0 unspecified atom stereocenters. The van der Waals surface area contributed by atoms with Crippen LogP contribution in [0, 0.1) is 0 Å². The topological polar surface area (TPSA) is 114 Å². The Kier molecular flexibility index (Phi) is 9.84. The van der Waals surface area contributed by atoms with Crippen LogP contribution in [0.4, 0.5) is 0 Å². The van der Waals surface area contributed by atoms with E-state index in [9.17, 15) is 14.2 Å². The molecule has 0 saturated heterocycles. The lowest BCUT2D eigenvalue weighted by Crippen LogP contribution is -2.42. The van der Waals surface area contributed by atoms with Gasteiger partial charge in [0, 0.05) is 19.2 Å². The summed E-state index contributed by atoms with van der Waals surface area (Å²) in [5.74, 6) is -0.706. The Morgan fingerprint density at radius 3 is 2.03 bits per heavy atom. The van der Waals surface area contributed by atoms with Gasteiger partial charge in [0.2, 0.25) is 5.91 Å². The molecule has 2 aromatic rings. The van der Waals surface area contributed by atoms with Crippen molar-refractivity contribution in [2.45, 2.75) is 13.0 Å². The maximum absolute atomic E-state index is 13.4. The number of nitrogens with one attached hydrogen (secondary N) is 2. The van der Waals surface area contributed by atoms with Gasteiger partial charge in [-0.25, -0.2) is 9.36 Å². The van der Waals surface area contributed by atoms with Gasteiger partial charge in [-0.05, 0) is 24.3 Å². The van der Waals surface area contributed by atoms with E-state index in [4.69, 9.17) is 26.4 Å². The maximum atomic E-state index is 13.4. The van der Waals surface area contributed by atoms with E-state index in [1.54, 1.807) is 48.5 Å². The highest BCUT2D eigenvalue weighted by atomic mass is 32.2. The molecule has 2 aromatic carbocycles. The van der Waals surface area contributed by atoms with Crippen molar-refractivity contribution in [1.29, 1.82) is 0 Å². The van der Waals surface area contributed by atoms with Crippen LogP contribution in [0.25, 0.3) is 0 Å². The van der Waals surface area contributed by atoms with Gasteiger partial charge in [0.15, 0.2) is 0 Å². The average molecular weight is 483 g/mol. The summed E-state index contributed by atoms with van der Waals surface area (Å²) in [5.41, 5.74) is 0. The van der Waals surface area contributed by atoms with Gasteiger partial charge in [-0.3, -0.25) is 4.79 Å². The van der Waals surface area contributed by atoms with Gasteiger partial charge in [0.05, 0.1) is 6.16 Å². The molecule has 0 radical (unpaired) electrons. The van der Waals surface area contributed by atoms with Crippen LogP contribution in [0.1, 0.15) is 6.92 Å². The number of hydrogen-bond acceptors (Lipinski definition) is 7. The predicted molar refractivity (Wildman–Crippen MR) is 125 cm³/mol. The van der Waals surface area contributed by atoms with Gasteiger partial charge in [0.25, 0.3) is 0 Å². The minimum Gasteiger partial charge on any atom is -0.480 e. The molecule has 8 nitrogen and oxygen atoms in total. The molecule has 0 aliphatic rings. The number of carboxylic acids is 1. The van der Waals surface area contributed by atoms with Gasteiger partial charge in [-0.15, -0.1) is 0 Å². The van der Waals surface area contributed by atoms with E-state index in [0.29, 0.717) is 15.8 Å². The molecule has 11 heteroatoms. The molecule has 0 bridgehead atoms. The minimum absolute atomic E-state index is 0.0194. The van der Waals surface area contributed by atoms with Crippen molar-refractivity contribution >= 4 is 47.8 Å². The molecule has 0 heterocycles. The van der Waals surface area contributed by atoms with Crippen LogP contribution in [-0.2, 0) is 14.2 Å². The number of thioether (sulfide) groups is 1. The van der Waals surface area contributed by atoms with Gasteiger partial charge in [0.1, 0.15) is 21.9 Å². The van der Waals surface area contributed by atoms with Crippen LogP contribution in [0.2, 0.25) is 0 Å². The van der Waals surface area contributed by atoms with Crippen molar-refractivity contribution in [2.75, 3.05) is 18.5 Å². The number of benzene rings is 2. The van der Waals surface area contributed by atoms with Crippen molar-refractivity contribution in [3.05, 3.63) is 60.7 Å². The van der Waals surface area contributed by atoms with Gasteiger partial charge in [-0.1, -0.05) is 60.4 Å². The number of aliphatic carboxylic acids is 1. The number of thiocarbonyl (C=S) groups is 1. The number of carboxylic acid groups (broad SMARTS) is 1. The molecule has 2 rings (SSSR count). The summed E-state index contributed by atoms with van der Waals surface area (Å²) in [7, 11) is -3.57. The molecule has 31 heavy (non-hydrogen) atoms. The first-order chi connectivity index (χ1) is 14.8. The van der Waals surface area contributed by atoms with Crippen LogP contribution >= 0.6 is 31.6 Å². The predicted octanol–water partition coefficient (Wildman–Crippen LogP) is 3.53. The zero-order chi connectivity index (χ0) is 22.7. The summed E-state index contributed by atoms with van der Waals surface area (Å²) < 4.78 is 25.0. The number of carbonyl (C=O) groups is 2. The van der Waals surface area contributed by atoms with E-state index >= 15 is 0 Å². The molecule has 0 saturated carbocycles. The Hall–Kier alpha value is -2.55. The number of hydrogen-bond donors (Lipinski definition) is 3. The summed E-state index contributed by atoms with van der Waals surface area (Å²) in [5, 5.41) is 14.4. The second-order valence-electron chi connectivity index (χ2n) is 6.26. The molecule has 166 valence electrons. The fourth-order valence-corrected chi connectivity index (χ4v) is 4.86. The van der Waals surface area contributed by atoms with Crippen molar-refractivity contribution in [3.8, 4) is 11.5 Å². The second-order valence-corrected chi connectivity index (χ2v) is 9.99. The Bertz CT molecular complexity index is 884. The number of carbonyl (C=O) groups excluding carboxylic acids is 1. The Morgan fingerprint density at radius 1 is 1.06 bits per heavy atom. The number of para-hydroxylation sites is 2. The maximum Gasteiger partial charge on any atom is 0.432 e. The number of rotatable bonds is 11. The molecule has 3 N–H and O–H groups in total. The first-order valence-electron chi connectivity index (χ1n) is 9.26. The smallest absolute Gasteiger partial charge is 0.432 e. The molecule has 0 fully saturated rings. The molecule has 0 spiro atoms. The van der Waals surface area contributed by atoms with Crippen molar-refractivity contribution in [2.24, 2.45) is 0 Å². The van der Waals surface area contributed by atoms with Crippen LogP contribution in [0.3, 0.4) is 0 Å². The summed E-state index contributed by atoms with van der Waals surface area (Å²) in [4.78, 5) is 22.3. The van der Waals surface area contributed by atoms with E-state index in [1.165, 1.54) is 6.92 Å². The summed E-state index contributed by atoms with van der Waals surface area (Å²) in [6.45, 7) is 1.43. The molecule has 1 amide bonds. The molecule has 0 aliphatic heterocycles. The lowest BCUT2D eigenvalue weighted by Gasteiger charge is -2.20. The van der Waals surface area contributed by atoms with E-state index in [-0.39, 0.29) is 18.5 Å². The zero-order valence-corrected chi connectivity index (χ0v) is 19.3. The van der Waals surface area contributed by atoms with Crippen LogP contribution in [0.5, 0.6) is 11.5 Å². The summed E-state index contributed by atoms with van der Waals surface area (Å²) >= 11 is 6.26. The van der Waals surface area contributed by atoms with E-state index < -0.39 is 25.5 Å². The molecule has 0 aliphatic carbocycles. The normalized spacial score (nSPS) is 11.8. The highest BCUT2D eigenvalue weighted by Gasteiger charge is 2.28. The van der Waals surface area contributed by atoms with E-state index in [2.05, 4.69) is 10.6 Å². The quantitative estimate of drug-likeness (QED) is 0.327. The lowest BCUT2D eigenvalue weighted by atomic mass is 10.3. The molecule has 1 atom stereocenters. The minimum atomic E-state index is -3.57. The Balaban J connectivity index is 1.93. The third kappa shape index (κ3) is 9.42. The standard InChI is InChI=1S/C20H23N2O6PS2/c1-15(23)22-18(19(24)25)14-31-20(30)21-12-13-29(26,27-16-8-4-2-5-9-16)28-17-10-6-3-7-11-17/h2-11,18H,12-14H2,1H3,(H,21,30)(H,22,23)(H,24,25)/t18-/m0/s1. The second kappa shape index (κ2) is 12.3. The highest BCUT2D eigenvalue weighted by Crippen LogP contribution is 2.48. The SMILES string of the molecule is CC(=O)N[C@@H](CSC(=S)NCCP(=O)(Oc1ccccc1)Oc1ccccc1)C(=O)O. The van der Waals surface area contributed by atoms with Gasteiger partial charge < -0.3 is 24.8 Å². The van der Waals surface area contributed by atoms with Crippen molar-refractivity contribution in [3.63, 3.8) is 0 Å². The van der Waals surface area contributed by atoms with Crippen LogP contribution in [-0.4, -0.2) is 45.8 Å². The van der Waals surface area contributed by atoms with Crippen molar-refractivity contribution in [1.82, 2.24) is 10.6 Å². The molecule has 0 aromatic heterocycles. The number of amides is 1. The first-order valence-corrected chi connectivity index (χ1v) is 12.4. The van der Waals surface area contributed by atoms with E-state index in [1.807, 2.05) is 12.1 Å². The fourth-order valence-electron chi connectivity index (χ4n) is 2.32. The lowest BCUT2D eigenvalue weighted by molar-refractivity contribution is -0.140. The van der Waals surface area contributed by atoms with Crippen LogP contribution in [0.15, 0.2) is 60.7 Å². The average Bonchev–Trinajstić information content (AvgIpc) is 2.72. The third-order valence-corrected chi connectivity index (χ3v) is 6.84. The zero-order valence-electron chi connectivity index (χ0n) is 16.7. The molecular formula is C20H23N2O6PS2.